The van der Waals surface area contributed by atoms with Gasteiger partial charge in [0.2, 0.25) is 5.91 Å². The van der Waals surface area contributed by atoms with E-state index in [-0.39, 0.29) is 23.8 Å². The SMILES string of the molecule is Cc1sc2ncn(CC(=O)NCCc3ccccc3)c(=O)c2c1-c1ccc(F)cc1. The Morgan fingerprint density at radius 2 is 1.87 bits per heavy atom. The van der Waals surface area contributed by atoms with Crippen molar-refractivity contribution in [2.45, 2.75) is 19.9 Å². The lowest BCUT2D eigenvalue weighted by Gasteiger charge is -2.08. The molecule has 7 heteroatoms. The summed E-state index contributed by atoms with van der Waals surface area (Å²) >= 11 is 1.41. The molecule has 0 unspecified atom stereocenters. The van der Waals surface area contributed by atoms with Crippen molar-refractivity contribution in [2.24, 2.45) is 0 Å². The number of nitrogens with zero attached hydrogens (tertiary/aromatic N) is 2. The second kappa shape index (κ2) is 8.59. The van der Waals surface area contributed by atoms with Crippen LogP contribution in [0.1, 0.15) is 10.4 Å². The first-order chi connectivity index (χ1) is 14.5. The van der Waals surface area contributed by atoms with Crippen molar-refractivity contribution in [1.29, 1.82) is 0 Å². The van der Waals surface area contributed by atoms with Gasteiger partial charge >= 0.3 is 0 Å². The Balaban J connectivity index is 1.55. The second-order valence-electron chi connectivity index (χ2n) is 6.98. The van der Waals surface area contributed by atoms with Crippen LogP contribution in [0, 0.1) is 12.7 Å². The fourth-order valence-corrected chi connectivity index (χ4v) is 4.42. The van der Waals surface area contributed by atoms with E-state index in [9.17, 15) is 14.0 Å². The van der Waals surface area contributed by atoms with Crippen molar-refractivity contribution in [1.82, 2.24) is 14.9 Å². The van der Waals surface area contributed by atoms with Crippen molar-refractivity contribution in [2.75, 3.05) is 6.54 Å². The average molecular weight is 421 g/mol. The molecule has 0 spiro atoms. The number of rotatable bonds is 6. The van der Waals surface area contributed by atoms with E-state index in [1.54, 1.807) is 12.1 Å². The van der Waals surface area contributed by atoms with Gasteiger partial charge in [-0.15, -0.1) is 11.3 Å². The lowest BCUT2D eigenvalue weighted by atomic mass is 10.0. The Morgan fingerprint density at radius 3 is 2.60 bits per heavy atom. The largest absolute Gasteiger partial charge is 0.354 e. The Hall–Kier alpha value is -3.32. The maximum atomic E-state index is 13.3. The number of fused-ring (bicyclic) bond motifs is 1. The second-order valence-corrected chi connectivity index (χ2v) is 8.19. The molecule has 0 fully saturated rings. The zero-order chi connectivity index (χ0) is 21.1. The van der Waals surface area contributed by atoms with Crippen LogP contribution in [0.5, 0.6) is 0 Å². The molecule has 2 heterocycles. The van der Waals surface area contributed by atoms with Crippen LogP contribution in [-0.4, -0.2) is 22.0 Å². The molecule has 4 aromatic rings. The molecule has 0 bridgehead atoms. The summed E-state index contributed by atoms with van der Waals surface area (Å²) < 4.78 is 14.6. The van der Waals surface area contributed by atoms with Crippen LogP contribution in [0.15, 0.2) is 65.7 Å². The first-order valence-corrected chi connectivity index (χ1v) is 10.4. The number of aromatic nitrogens is 2. The van der Waals surface area contributed by atoms with Crippen LogP contribution in [0.4, 0.5) is 4.39 Å². The van der Waals surface area contributed by atoms with Gasteiger partial charge in [-0.1, -0.05) is 42.5 Å². The van der Waals surface area contributed by atoms with Crippen molar-refractivity contribution in [3.63, 3.8) is 0 Å². The molecule has 4 rings (SSSR count). The zero-order valence-corrected chi connectivity index (χ0v) is 17.2. The van der Waals surface area contributed by atoms with Crippen LogP contribution in [-0.2, 0) is 17.8 Å². The molecule has 0 aliphatic heterocycles. The molecule has 2 aromatic heterocycles. The molecule has 1 N–H and O–H groups in total. The molecule has 0 saturated heterocycles. The quantitative estimate of drug-likeness (QED) is 0.513. The Bertz CT molecular complexity index is 1250. The Morgan fingerprint density at radius 1 is 1.13 bits per heavy atom. The number of benzene rings is 2. The lowest BCUT2D eigenvalue weighted by Crippen LogP contribution is -2.33. The molecule has 152 valence electrons. The normalized spacial score (nSPS) is 11.0. The topological polar surface area (TPSA) is 64.0 Å². The smallest absolute Gasteiger partial charge is 0.263 e. The van der Waals surface area contributed by atoms with E-state index in [2.05, 4.69) is 10.3 Å². The lowest BCUT2D eigenvalue weighted by molar-refractivity contribution is -0.121. The van der Waals surface area contributed by atoms with Crippen molar-refractivity contribution < 1.29 is 9.18 Å². The molecule has 0 aliphatic rings. The van der Waals surface area contributed by atoms with Gasteiger partial charge in [0, 0.05) is 17.0 Å². The van der Waals surface area contributed by atoms with E-state index in [4.69, 9.17) is 0 Å². The van der Waals surface area contributed by atoms with Gasteiger partial charge < -0.3 is 5.32 Å². The fraction of sp³-hybridized carbons (Fsp3) is 0.174. The highest BCUT2D eigenvalue weighted by atomic mass is 32.1. The summed E-state index contributed by atoms with van der Waals surface area (Å²) in [5.41, 5.74) is 2.35. The summed E-state index contributed by atoms with van der Waals surface area (Å²) in [5, 5.41) is 3.31. The summed E-state index contributed by atoms with van der Waals surface area (Å²) in [6.45, 7) is 2.30. The maximum Gasteiger partial charge on any atom is 0.263 e. The predicted molar refractivity (Wildman–Crippen MR) is 117 cm³/mol. The van der Waals surface area contributed by atoms with E-state index in [0.717, 1.165) is 28.0 Å². The summed E-state index contributed by atoms with van der Waals surface area (Å²) in [5.74, 6) is -0.580. The van der Waals surface area contributed by atoms with Gasteiger partial charge in [-0.2, -0.15) is 0 Å². The van der Waals surface area contributed by atoms with E-state index in [1.165, 1.54) is 34.4 Å². The minimum atomic E-state index is -0.335. The van der Waals surface area contributed by atoms with E-state index in [0.29, 0.717) is 16.8 Å². The van der Waals surface area contributed by atoms with Gasteiger partial charge in [-0.05, 0) is 36.6 Å². The first-order valence-electron chi connectivity index (χ1n) is 9.58. The number of hydrogen-bond donors (Lipinski definition) is 1. The van der Waals surface area contributed by atoms with E-state index < -0.39 is 0 Å². The summed E-state index contributed by atoms with van der Waals surface area (Å²) in [4.78, 5) is 31.4. The molecular weight excluding hydrogens is 401 g/mol. The molecule has 0 saturated carbocycles. The highest BCUT2D eigenvalue weighted by Crippen LogP contribution is 2.35. The van der Waals surface area contributed by atoms with Crippen molar-refractivity contribution in [3.05, 3.63) is 87.5 Å². The highest BCUT2D eigenvalue weighted by Gasteiger charge is 2.17. The van der Waals surface area contributed by atoms with E-state index >= 15 is 0 Å². The predicted octanol–water partition coefficient (Wildman–Crippen LogP) is 3.93. The number of halogens is 1. The zero-order valence-electron chi connectivity index (χ0n) is 16.4. The number of amides is 1. The van der Waals surface area contributed by atoms with Crippen molar-refractivity contribution >= 4 is 27.5 Å². The van der Waals surface area contributed by atoms with Crippen LogP contribution in [0.3, 0.4) is 0 Å². The third-order valence-corrected chi connectivity index (χ3v) is 5.89. The number of nitrogens with one attached hydrogen (secondary N) is 1. The third kappa shape index (κ3) is 4.16. The van der Waals surface area contributed by atoms with Crippen LogP contribution in [0.25, 0.3) is 21.3 Å². The number of carbonyl (C=O) groups is 1. The molecule has 0 aliphatic carbocycles. The molecular formula is C23H20FN3O2S. The van der Waals surface area contributed by atoms with Gasteiger partial charge in [-0.3, -0.25) is 14.2 Å². The van der Waals surface area contributed by atoms with Crippen LogP contribution in [0.2, 0.25) is 0 Å². The summed E-state index contributed by atoms with van der Waals surface area (Å²) in [6, 6.07) is 15.9. The summed E-state index contributed by atoms with van der Waals surface area (Å²) in [6.07, 6.45) is 2.13. The third-order valence-electron chi connectivity index (χ3n) is 4.88. The van der Waals surface area contributed by atoms with Crippen LogP contribution >= 0.6 is 11.3 Å². The molecule has 5 nitrogen and oxygen atoms in total. The minimum absolute atomic E-state index is 0.103. The Labute approximate surface area is 176 Å². The molecule has 0 radical (unpaired) electrons. The van der Waals surface area contributed by atoms with Gasteiger partial charge in [-0.25, -0.2) is 9.37 Å². The monoisotopic (exact) mass is 421 g/mol. The van der Waals surface area contributed by atoms with Gasteiger partial charge in [0.05, 0.1) is 11.7 Å². The Kier molecular flexibility index (Phi) is 5.72. The van der Waals surface area contributed by atoms with Gasteiger partial charge in [0.1, 0.15) is 17.2 Å². The van der Waals surface area contributed by atoms with E-state index in [1.807, 2.05) is 37.3 Å². The minimum Gasteiger partial charge on any atom is -0.354 e. The first kappa shape index (κ1) is 20.0. The number of carbonyl (C=O) groups excluding carboxylic acids is 1. The number of thiophene rings is 1. The molecule has 2 aromatic carbocycles. The molecule has 1 amide bonds. The number of aryl methyl sites for hydroxylation is 1. The maximum absolute atomic E-state index is 13.3. The van der Waals surface area contributed by atoms with Crippen molar-refractivity contribution in [3.8, 4) is 11.1 Å². The van der Waals surface area contributed by atoms with Gasteiger partial charge in [0.15, 0.2) is 0 Å². The highest BCUT2D eigenvalue weighted by molar-refractivity contribution is 7.19. The average Bonchev–Trinajstić information content (AvgIpc) is 3.08. The summed E-state index contributed by atoms with van der Waals surface area (Å²) in [7, 11) is 0. The number of hydrogen-bond acceptors (Lipinski definition) is 4. The standard InChI is InChI=1S/C23H20FN3O2S/c1-15-20(17-7-9-18(24)10-8-17)21-22(30-15)26-14-27(23(21)29)13-19(28)25-12-11-16-5-3-2-4-6-16/h2-10,14H,11-13H2,1H3,(H,25,28). The van der Waals surface area contributed by atoms with Crippen LogP contribution < -0.4 is 10.9 Å². The fourth-order valence-electron chi connectivity index (χ4n) is 3.42. The molecule has 0 atom stereocenters. The van der Waals surface area contributed by atoms with Gasteiger partial charge in [0.25, 0.3) is 5.56 Å². The molecule has 30 heavy (non-hydrogen) atoms.